The predicted molar refractivity (Wildman–Crippen MR) is 174 cm³/mol. The van der Waals surface area contributed by atoms with Crippen molar-refractivity contribution < 1.29 is 38.3 Å². The molecule has 0 heterocycles. The zero-order valence-corrected chi connectivity index (χ0v) is 25.6. The maximum absolute atomic E-state index is 11.1. The van der Waals surface area contributed by atoms with E-state index in [1.165, 1.54) is 52.7 Å². The average molecular weight is 629 g/mol. The highest BCUT2D eigenvalue weighted by Crippen LogP contribution is 2.47. The Bertz CT molecular complexity index is 1600. The molecule has 12 heteroatoms. The van der Waals surface area contributed by atoms with E-state index in [0.717, 1.165) is 22.3 Å². The third-order valence-electron chi connectivity index (χ3n) is 6.67. The summed E-state index contributed by atoms with van der Waals surface area (Å²) in [6, 6.07) is 19.7. The highest BCUT2D eigenvalue weighted by atomic mass is 16.7. The van der Waals surface area contributed by atoms with E-state index in [-0.39, 0.29) is 25.0 Å². The lowest BCUT2D eigenvalue weighted by Gasteiger charge is -2.20. The summed E-state index contributed by atoms with van der Waals surface area (Å²) in [7, 11) is 6.06. The van der Waals surface area contributed by atoms with Gasteiger partial charge in [0.05, 0.1) is 24.1 Å². The number of benzene rings is 4. The Kier molecular flexibility index (Phi) is 11.4. The first-order valence-electron chi connectivity index (χ1n) is 13.8. The van der Waals surface area contributed by atoms with Crippen LogP contribution in [0, 0.1) is 20.2 Å². The smallest absolute Gasteiger partial charge is 0.269 e. The second-order valence-electron chi connectivity index (χ2n) is 9.67. The van der Waals surface area contributed by atoms with Gasteiger partial charge in [-0.25, -0.2) is 0 Å². The fourth-order valence-electron chi connectivity index (χ4n) is 4.48. The molecule has 0 aliphatic heterocycles. The van der Waals surface area contributed by atoms with Crippen molar-refractivity contribution in [2.24, 2.45) is 0 Å². The quantitative estimate of drug-likeness (QED) is 0.0562. The Labute approximate surface area is 265 Å². The zero-order chi connectivity index (χ0) is 33.1. The van der Waals surface area contributed by atoms with Crippen molar-refractivity contribution in [3.63, 3.8) is 0 Å². The summed E-state index contributed by atoms with van der Waals surface area (Å²) in [5.41, 5.74) is 4.17. The molecule has 0 amide bonds. The molecule has 238 valence electrons. The summed E-state index contributed by atoms with van der Waals surface area (Å²) in [6.45, 7) is -0.126. The molecule has 0 saturated heterocycles. The summed E-state index contributed by atoms with van der Waals surface area (Å²) in [5, 5.41) is 22.1. The van der Waals surface area contributed by atoms with Gasteiger partial charge in [0, 0.05) is 49.6 Å². The molecule has 0 fully saturated rings. The van der Waals surface area contributed by atoms with Gasteiger partial charge in [0.2, 0.25) is 0 Å². The lowest BCUT2D eigenvalue weighted by atomic mass is 9.96. The zero-order valence-electron chi connectivity index (χ0n) is 25.6. The van der Waals surface area contributed by atoms with E-state index >= 15 is 0 Å². The van der Waals surface area contributed by atoms with Crippen LogP contribution < -0.4 is 18.9 Å². The van der Waals surface area contributed by atoms with Crippen molar-refractivity contribution in [1.82, 2.24) is 0 Å². The summed E-state index contributed by atoms with van der Waals surface area (Å²) < 4.78 is 33.9. The summed E-state index contributed by atoms with van der Waals surface area (Å²) in [5.74, 6) is 1.61. The van der Waals surface area contributed by atoms with Crippen LogP contribution in [0.5, 0.6) is 23.0 Å². The van der Waals surface area contributed by atoms with Gasteiger partial charge < -0.3 is 28.4 Å². The van der Waals surface area contributed by atoms with Gasteiger partial charge in [0.15, 0.2) is 36.6 Å². The van der Waals surface area contributed by atoms with Crippen LogP contribution in [0.3, 0.4) is 0 Å². The molecule has 46 heavy (non-hydrogen) atoms. The SMILES string of the molecule is COCOc1c(OC)cc(C=Cc2ccc([N+](=O)[O-])cc2)cc1-c1cc(C=Cc2ccc([N+](=O)[O-])cc2)cc(OC)c1OCOC. The van der Waals surface area contributed by atoms with Crippen LogP contribution in [0.2, 0.25) is 0 Å². The minimum absolute atomic E-state index is 0.000736. The molecule has 4 rings (SSSR count). The van der Waals surface area contributed by atoms with Gasteiger partial charge >= 0.3 is 0 Å². The van der Waals surface area contributed by atoms with Gasteiger partial charge in [0.25, 0.3) is 11.4 Å². The predicted octanol–water partition coefficient (Wildman–Crippen LogP) is 7.49. The summed E-state index contributed by atoms with van der Waals surface area (Å²) >= 11 is 0. The monoisotopic (exact) mass is 628 g/mol. The van der Waals surface area contributed by atoms with E-state index < -0.39 is 9.85 Å². The van der Waals surface area contributed by atoms with Crippen LogP contribution in [0.15, 0.2) is 72.8 Å². The number of hydrogen-bond acceptors (Lipinski definition) is 10. The number of rotatable bonds is 15. The Morgan fingerprint density at radius 3 is 1.20 bits per heavy atom. The third-order valence-corrected chi connectivity index (χ3v) is 6.67. The van der Waals surface area contributed by atoms with Crippen LogP contribution in [-0.4, -0.2) is 51.9 Å². The Hall–Kier alpha value is -5.72. The van der Waals surface area contributed by atoms with Gasteiger partial charge in [-0.1, -0.05) is 24.3 Å². The van der Waals surface area contributed by atoms with Crippen LogP contribution in [-0.2, 0) is 9.47 Å². The van der Waals surface area contributed by atoms with Crippen molar-refractivity contribution in [2.45, 2.75) is 0 Å². The first kappa shape index (κ1) is 33.2. The average Bonchev–Trinajstić information content (AvgIpc) is 3.07. The minimum atomic E-state index is -0.448. The van der Waals surface area contributed by atoms with Crippen molar-refractivity contribution in [3.05, 3.63) is 115 Å². The highest BCUT2D eigenvalue weighted by molar-refractivity contribution is 5.86. The number of nitro groups is 2. The van der Waals surface area contributed by atoms with E-state index in [9.17, 15) is 20.2 Å². The lowest BCUT2D eigenvalue weighted by Crippen LogP contribution is -2.06. The molecule has 0 aliphatic rings. The standard InChI is InChI=1S/C34H32N2O10/c1-41-21-45-33-29(17-25(19-31(33)43-3)7-5-23-9-13-27(14-10-23)35(37)38)30-18-26(20-32(44-4)34(30)46-22-42-2)8-6-24-11-15-28(16-12-24)36(39)40/h5-20H,21-22H2,1-4H3. The maximum Gasteiger partial charge on any atom is 0.269 e. The molecule has 0 aromatic heterocycles. The van der Waals surface area contributed by atoms with Crippen molar-refractivity contribution >= 4 is 35.7 Å². The van der Waals surface area contributed by atoms with Crippen LogP contribution in [0.1, 0.15) is 22.3 Å². The highest BCUT2D eigenvalue weighted by Gasteiger charge is 2.22. The van der Waals surface area contributed by atoms with E-state index in [0.29, 0.717) is 34.1 Å². The molecule has 0 bridgehead atoms. The van der Waals surface area contributed by atoms with Crippen LogP contribution in [0.4, 0.5) is 11.4 Å². The van der Waals surface area contributed by atoms with Crippen molar-refractivity contribution in [2.75, 3.05) is 42.0 Å². The van der Waals surface area contributed by atoms with E-state index in [1.807, 2.05) is 36.4 Å². The fraction of sp³-hybridized carbons (Fsp3) is 0.176. The second kappa shape index (κ2) is 15.8. The number of methoxy groups -OCH3 is 4. The molecule has 4 aromatic rings. The number of hydrogen-bond donors (Lipinski definition) is 0. The number of nitro benzene ring substituents is 2. The Morgan fingerprint density at radius 2 is 0.891 bits per heavy atom. The van der Waals surface area contributed by atoms with Gasteiger partial charge in [-0.3, -0.25) is 20.2 Å². The number of non-ortho nitro benzene ring substituents is 2. The number of ether oxygens (including phenoxy) is 6. The maximum atomic E-state index is 11.1. The molecular formula is C34H32N2O10. The van der Waals surface area contributed by atoms with E-state index in [1.54, 1.807) is 36.4 Å². The molecule has 0 spiro atoms. The molecular weight excluding hydrogens is 596 g/mol. The number of nitrogens with zero attached hydrogens (tertiary/aromatic N) is 2. The molecule has 0 saturated carbocycles. The Morgan fingerprint density at radius 1 is 0.543 bits per heavy atom. The van der Waals surface area contributed by atoms with Gasteiger partial charge in [0.1, 0.15) is 0 Å². The van der Waals surface area contributed by atoms with Crippen LogP contribution in [0.25, 0.3) is 35.4 Å². The molecule has 0 radical (unpaired) electrons. The Balaban J connectivity index is 1.87. The molecule has 12 nitrogen and oxygen atoms in total. The summed E-state index contributed by atoms with van der Waals surface area (Å²) in [6.07, 6.45) is 7.34. The topological polar surface area (TPSA) is 142 Å². The molecule has 0 unspecified atom stereocenters. The third kappa shape index (κ3) is 8.25. The van der Waals surface area contributed by atoms with Gasteiger partial charge in [-0.15, -0.1) is 0 Å². The fourth-order valence-corrected chi connectivity index (χ4v) is 4.48. The van der Waals surface area contributed by atoms with Gasteiger partial charge in [-0.2, -0.15) is 0 Å². The van der Waals surface area contributed by atoms with E-state index in [4.69, 9.17) is 28.4 Å². The summed E-state index contributed by atoms with van der Waals surface area (Å²) in [4.78, 5) is 21.2. The van der Waals surface area contributed by atoms with Crippen molar-refractivity contribution in [1.29, 1.82) is 0 Å². The van der Waals surface area contributed by atoms with Gasteiger partial charge in [-0.05, 0) is 70.8 Å². The molecule has 4 aromatic carbocycles. The largest absolute Gasteiger partial charge is 0.493 e. The molecule has 0 aliphatic carbocycles. The normalized spacial score (nSPS) is 11.1. The lowest BCUT2D eigenvalue weighted by molar-refractivity contribution is -0.385. The first-order chi connectivity index (χ1) is 22.3. The molecule has 0 N–H and O–H groups in total. The molecule has 0 atom stereocenters. The van der Waals surface area contributed by atoms with E-state index in [2.05, 4.69) is 0 Å². The first-order valence-corrected chi connectivity index (χ1v) is 13.8. The second-order valence-corrected chi connectivity index (χ2v) is 9.67. The van der Waals surface area contributed by atoms with Crippen LogP contribution >= 0.6 is 0 Å². The minimum Gasteiger partial charge on any atom is -0.493 e. The van der Waals surface area contributed by atoms with Crippen molar-refractivity contribution in [3.8, 4) is 34.1 Å².